The number of carbonyl (C=O) groups excluding carboxylic acids is 2. The van der Waals surface area contributed by atoms with Crippen molar-refractivity contribution in [3.8, 4) is 11.3 Å². The van der Waals surface area contributed by atoms with Gasteiger partial charge in [0.2, 0.25) is 0 Å². The molecule has 0 aromatic heterocycles. The molecule has 1 aliphatic rings. The minimum absolute atomic E-state index is 0.0265. The Morgan fingerprint density at radius 3 is 2.00 bits per heavy atom. The number of hydrogen-bond acceptors (Lipinski definition) is 2. The van der Waals surface area contributed by atoms with Crippen molar-refractivity contribution in [2.24, 2.45) is 5.41 Å². The van der Waals surface area contributed by atoms with E-state index in [4.69, 9.17) is 11.6 Å². The van der Waals surface area contributed by atoms with Gasteiger partial charge >= 0.3 is 0 Å². The van der Waals surface area contributed by atoms with Gasteiger partial charge in [-0.3, -0.25) is 9.59 Å². The zero-order valence-electron chi connectivity index (χ0n) is 12.8. The molecule has 1 saturated carbocycles. The predicted molar refractivity (Wildman–Crippen MR) is 84.4 cm³/mol. The Hall–Kier alpha value is -1.59. The summed E-state index contributed by atoms with van der Waals surface area (Å²) >= 11 is 5.44. The van der Waals surface area contributed by atoms with Crippen LogP contribution in [0.3, 0.4) is 0 Å². The van der Waals surface area contributed by atoms with E-state index in [1.165, 1.54) is 0 Å². The molecular formula is C18H19ClO2. The molecule has 0 amide bonds. The minimum Gasteiger partial charge on any atom is -0.299 e. The van der Waals surface area contributed by atoms with Crippen LogP contribution in [0, 0.1) is 30.6 Å². The monoisotopic (exact) mass is 302 g/mol. The molecule has 1 fully saturated rings. The highest BCUT2D eigenvalue weighted by atomic mass is 35.5. The fraction of sp³-hybridized carbons (Fsp3) is 0.444. The summed E-state index contributed by atoms with van der Waals surface area (Å²) in [6.45, 7) is 7.78. The van der Waals surface area contributed by atoms with E-state index < -0.39 is 5.92 Å². The van der Waals surface area contributed by atoms with Crippen LogP contribution in [0.5, 0.6) is 0 Å². The highest BCUT2D eigenvalue weighted by Gasteiger charge is 2.41. The van der Waals surface area contributed by atoms with E-state index >= 15 is 0 Å². The molecule has 0 radical (unpaired) electrons. The Balaban J connectivity index is 2.49. The van der Waals surface area contributed by atoms with Gasteiger partial charge in [-0.25, -0.2) is 0 Å². The molecule has 0 unspecified atom stereocenters. The first-order valence-corrected chi connectivity index (χ1v) is 7.41. The lowest BCUT2D eigenvalue weighted by Crippen LogP contribution is -2.36. The molecule has 3 heteroatoms. The van der Waals surface area contributed by atoms with Crippen molar-refractivity contribution >= 4 is 23.2 Å². The van der Waals surface area contributed by atoms with Crippen LogP contribution in [0.15, 0.2) is 12.1 Å². The molecule has 0 spiro atoms. The van der Waals surface area contributed by atoms with Gasteiger partial charge in [-0.15, -0.1) is 0 Å². The summed E-state index contributed by atoms with van der Waals surface area (Å²) < 4.78 is 0. The van der Waals surface area contributed by atoms with E-state index in [0.29, 0.717) is 12.8 Å². The quantitative estimate of drug-likeness (QED) is 0.582. The number of halogens is 1. The van der Waals surface area contributed by atoms with E-state index in [1.807, 2.05) is 39.8 Å². The molecule has 110 valence electrons. The van der Waals surface area contributed by atoms with Crippen LogP contribution >= 0.6 is 11.6 Å². The van der Waals surface area contributed by atoms with Crippen LogP contribution in [-0.2, 0) is 9.59 Å². The van der Waals surface area contributed by atoms with Crippen molar-refractivity contribution < 1.29 is 9.59 Å². The second-order valence-corrected chi connectivity index (χ2v) is 6.82. The third-order valence-corrected chi connectivity index (χ3v) is 4.12. The number of carbonyl (C=O) groups is 2. The number of Topliss-reactive ketones (excluding diaryl/α,β-unsaturated/α-hetero) is 2. The normalized spacial score (nSPS) is 18.3. The maximum Gasteiger partial charge on any atom is 0.148 e. The Bertz CT molecular complexity index is 631. The van der Waals surface area contributed by atoms with Gasteiger partial charge in [-0.1, -0.05) is 13.8 Å². The van der Waals surface area contributed by atoms with Gasteiger partial charge in [0, 0.05) is 23.8 Å². The number of hydrogen-bond donors (Lipinski definition) is 0. The fourth-order valence-corrected chi connectivity index (χ4v) is 3.38. The van der Waals surface area contributed by atoms with Gasteiger partial charge in [0.15, 0.2) is 0 Å². The van der Waals surface area contributed by atoms with Crippen molar-refractivity contribution in [3.63, 3.8) is 0 Å². The molecule has 1 aliphatic carbocycles. The van der Waals surface area contributed by atoms with E-state index in [9.17, 15) is 9.59 Å². The number of ketones is 2. The lowest BCUT2D eigenvalue weighted by atomic mass is 9.68. The first kappa shape index (κ1) is 15.8. The summed E-state index contributed by atoms with van der Waals surface area (Å²) in [6, 6.07) is 3.77. The van der Waals surface area contributed by atoms with Gasteiger partial charge < -0.3 is 0 Å². The predicted octanol–water partition coefficient (Wildman–Crippen LogP) is 3.89. The number of aryl methyl sites for hydroxylation is 2. The van der Waals surface area contributed by atoms with Crippen LogP contribution in [0.25, 0.3) is 0 Å². The Labute approximate surface area is 130 Å². The van der Waals surface area contributed by atoms with Crippen LogP contribution in [-0.4, -0.2) is 11.6 Å². The summed E-state index contributed by atoms with van der Waals surface area (Å²) in [5.74, 6) is 2.24. The Kier molecular flexibility index (Phi) is 4.25. The maximum absolute atomic E-state index is 12.5. The highest BCUT2D eigenvalue weighted by Crippen LogP contribution is 2.40. The Morgan fingerprint density at radius 1 is 1.10 bits per heavy atom. The molecule has 0 saturated heterocycles. The highest BCUT2D eigenvalue weighted by molar-refractivity contribution is 6.30. The van der Waals surface area contributed by atoms with Crippen LogP contribution in [0.1, 0.15) is 54.9 Å². The van der Waals surface area contributed by atoms with Crippen LogP contribution in [0.2, 0.25) is 0 Å². The fourth-order valence-electron chi connectivity index (χ4n) is 3.27. The van der Waals surface area contributed by atoms with E-state index in [0.717, 1.165) is 22.3 Å². The minimum atomic E-state index is -0.615. The zero-order chi connectivity index (χ0) is 15.8. The smallest absolute Gasteiger partial charge is 0.148 e. The zero-order valence-corrected chi connectivity index (χ0v) is 13.6. The van der Waals surface area contributed by atoms with Crippen molar-refractivity contribution in [3.05, 3.63) is 34.4 Å². The van der Waals surface area contributed by atoms with Crippen LogP contribution < -0.4 is 0 Å². The summed E-state index contributed by atoms with van der Waals surface area (Å²) in [5, 5.41) is 2.35. The van der Waals surface area contributed by atoms with Crippen molar-refractivity contribution in [2.45, 2.75) is 46.5 Å². The van der Waals surface area contributed by atoms with Crippen LogP contribution in [0.4, 0.5) is 0 Å². The first-order chi connectivity index (χ1) is 9.75. The molecule has 1 aromatic carbocycles. The lowest BCUT2D eigenvalue weighted by molar-refractivity contribution is -0.135. The maximum atomic E-state index is 12.5. The summed E-state index contributed by atoms with van der Waals surface area (Å²) in [6.07, 6.45) is 0.900. The third kappa shape index (κ3) is 3.19. The van der Waals surface area contributed by atoms with Gasteiger partial charge in [-0.2, -0.15) is 0 Å². The standard InChI is InChI=1S/C18H19ClO2/c1-11-7-13(5-6-19)8-12(2)16(11)17-14(20)9-18(3,4)10-15(17)21/h7-8,17H,9-10H2,1-4H3. The van der Waals surface area contributed by atoms with E-state index in [-0.39, 0.29) is 17.0 Å². The van der Waals surface area contributed by atoms with Gasteiger partial charge in [0.25, 0.3) is 0 Å². The molecule has 21 heavy (non-hydrogen) atoms. The van der Waals surface area contributed by atoms with E-state index in [1.54, 1.807) is 0 Å². The SMILES string of the molecule is Cc1cc(C#CCl)cc(C)c1C1C(=O)CC(C)(C)CC1=O. The largest absolute Gasteiger partial charge is 0.299 e. The van der Waals surface area contributed by atoms with Crippen molar-refractivity contribution in [1.82, 2.24) is 0 Å². The van der Waals surface area contributed by atoms with Crippen molar-refractivity contribution in [2.75, 3.05) is 0 Å². The second-order valence-electron chi connectivity index (χ2n) is 6.63. The topological polar surface area (TPSA) is 34.1 Å². The molecule has 2 nitrogen and oxygen atoms in total. The summed E-state index contributed by atoms with van der Waals surface area (Å²) in [5.41, 5.74) is 3.28. The molecule has 1 aromatic rings. The average Bonchev–Trinajstić information content (AvgIpc) is 2.30. The molecule has 2 rings (SSSR count). The first-order valence-electron chi connectivity index (χ1n) is 7.03. The average molecular weight is 303 g/mol. The summed E-state index contributed by atoms with van der Waals surface area (Å²) in [4.78, 5) is 24.9. The molecule has 0 bridgehead atoms. The molecule has 0 N–H and O–H groups in total. The number of rotatable bonds is 1. The molecule has 0 aliphatic heterocycles. The molecule has 0 atom stereocenters. The van der Waals surface area contributed by atoms with Crippen molar-refractivity contribution in [1.29, 1.82) is 0 Å². The summed E-state index contributed by atoms with van der Waals surface area (Å²) in [7, 11) is 0. The molecular weight excluding hydrogens is 284 g/mol. The van der Waals surface area contributed by atoms with Gasteiger partial charge in [0.05, 0.1) is 0 Å². The van der Waals surface area contributed by atoms with Gasteiger partial charge in [-0.05, 0) is 65.6 Å². The third-order valence-electron chi connectivity index (χ3n) is 4.02. The Morgan fingerprint density at radius 2 is 1.57 bits per heavy atom. The number of benzene rings is 1. The van der Waals surface area contributed by atoms with E-state index in [2.05, 4.69) is 11.3 Å². The lowest BCUT2D eigenvalue weighted by Gasteiger charge is -2.33. The molecule has 0 heterocycles. The second kappa shape index (κ2) is 5.66. The van der Waals surface area contributed by atoms with Gasteiger partial charge in [0.1, 0.15) is 17.5 Å².